The second kappa shape index (κ2) is 10.0. The molecule has 2 aromatic carbocycles. The molecule has 4 aromatic rings. The predicted molar refractivity (Wildman–Crippen MR) is 129 cm³/mol. The lowest BCUT2D eigenvalue weighted by molar-refractivity contribution is 0.102. The molecule has 2 aromatic heterocycles. The summed E-state index contributed by atoms with van der Waals surface area (Å²) in [4.78, 5) is 12.8. The summed E-state index contributed by atoms with van der Waals surface area (Å²) in [5, 5.41) is 12.6. The molecule has 11 heteroatoms. The first-order valence-electron chi connectivity index (χ1n) is 10.1. The average molecular weight is 523 g/mol. The molecule has 0 aliphatic carbocycles. The molecular formula is C23H19Cl3FN5O2. The molecule has 0 saturated heterocycles. The van der Waals surface area contributed by atoms with Crippen molar-refractivity contribution in [1.82, 2.24) is 19.6 Å². The Hall–Kier alpha value is -3.07. The van der Waals surface area contributed by atoms with Gasteiger partial charge >= 0.3 is 0 Å². The highest BCUT2D eigenvalue weighted by atomic mass is 35.5. The van der Waals surface area contributed by atoms with E-state index in [1.165, 1.54) is 16.8 Å². The van der Waals surface area contributed by atoms with Crippen LogP contribution in [0.25, 0.3) is 0 Å². The molecule has 0 fully saturated rings. The Balaban J connectivity index is 1.44. The van der Waals surface area contributed by atoms with Crippen LogP contribution in [0, 0.1) is 19.7 Å². The zero-order chi connectivity index (χ0) is 24.4. The highest BCUT2D eigenvalue weighted by Gasteiger charge is 2.18. The van der Waals surface area contributed by atoms with Crippen LogP contribution in [-0.2, 0) is 13.3 Å². The summed E-state index contributed by atoms with van der Waals surface area (Å²) >= 11 is 18.4. The van der Waals surface area contributed by atoms with E-state index in [1.54, 1.807) is 48.1 Å². The van der Waals surface area contributed by atoms with Crippen LogP contribution in [0.1, 0.15) is 27.4 Å². The maximum atomic E-state index is 13.3. The van der Waals surface area contributed by atoms with Gasteiger partial charge in [0.1, 0.15) is 5.82 Å². The van der Waals surface area contributed by atoms with Crippen molar-refractivity contribution in [1.29, 1.82) is 0 Å². The van der Waals surface area contributed by atoms with Crippen molar-refractivity contribution in [2.24, 2.45) is 0 Å². The third kappa shape index (κ3) is 5.19. The third-order valence-electron chi connectivity index (χ3n) is 5.09. The second-order valence-corrected chi connectivity index (χ2v) is 8.68. The molecule has 0 unspecified atom stereocenters. The smallest absolute Gasteiger partial charge is 0.276 e. The number of carbonyl (C=O) groups is 1. The lowest BCUT2D eigenvalue weighted by Gasteiger charge is -2.09. The SMILES string of the molecule is Cc1nn(Cc2ccc(F)cc2Cl)c(C)c1NC(=O)c1ccn(COc2c(Cl)cccc2Cl)n1. The van der Waals surface area contributed by atoms with Gasteiger partial charge in [-0.2, -0.15) is 10.2 Å². The van der Waals surface area contributed by atoms with Crippen molar-refractivity contribution in [2.75, 3.05) is 5.32 Å². The van der Waals surface area contributed by atoms with Gasteiger partial charge in [0, 0.05) is 11.2 Å². The largest absolute Gasteiger partial charge is 0.468 e. The number of para-hydroxylation sites is 1. The van der Waals surface area contributed by atoms with E-state index in [2.05, 4.69) is 15.5 Å². The molecule has 176 valence electrons. The Morgan fingerprint density at radius 3 is 2.50 bits per heavy atom. The maximum Gasteiger partial charge on any atom is 0.276 e. The number of anilines is 1. The molecular weight excluding hydrogens is 504 g/mol. The van der Waals surface area contributed by atoms with Gasteiger partial charge in [0.05, 0.1) is 33.7 Å². The Bertz CT molecular complexity index is 1350. The number of ether oxygens (including phenoxy) is 1. The van der Waals surface area contributed by atoms with Crippen LogP contribution in [0.3, 0.4) is 0 Å². The number of amides is 1. The van der Waals surface area contributed by atoms with Crippen molar-refractivity contribution in [2.45, 2.75) is 27.1 Å². The Morgan fingerprint density at radius 1 is 1.06 bits per heavy atom. The number of rotatable bonds is 7. The van der Waals surface area contributed by atoms with Crippen LogP contribution in [0.5, 0.6) is 5.75 Å². The fourth-order valence-electron chi connectivity index (χ4n) is 3.33. The number of hydrogen-bond acceptors (Lipinski definition) is 4. The number of benzene rings is 2. The molecule has 1 N–H and O–H groups in total. The van der Waals surface area contributed by atoms with Crippen LogP contribution in [-0.4, -0.2) is 25.5 Å². The van der Waals surface area contributed by atoms with Gasteiger partial charge in [-0.05, 0) is 49.7 Å². The van der Waals surface area contributed by atoms with E-state index < -0.39 is 11.7 Å². The molecule has 0 atom stereocenters. The van der Waals surface area contributed by atoms with Gasteiger partial charge in [-0.1, -0.05) is 46.9 Å². The monoisotopic (exact) mass is 521 g/mol. The van der Waals surface area contributed by atoms with Gasteiger partial charge in [0.2, 0.25) is 0 Å². The molecule has 2 heterocycles. The summed E-state index contributed by atoms with van der Waals surface area (Å²) in [6.07, 6.45) is 1.61. The molecule has 0 spiro atoms. The molecule has 0 aliphatic heterocycles. The van der Waals surface area contributed by atoms with Crippen LogP contribution in [0.15, 0.2) is 48.7 Å². The van der Waals surface area contributed by atoms with Crippen LogP contribution >= 0.6 is 34.8 Å². The van der Waals surface area contributed by atoms with E-state index in [9.17, 15) is 9.18 Å². The minimum Gasteiger partial charge on any atom is -0.468 e. The van der Waals surface area contributed by atoms with E-state index in [1.807, 2.05) is 6.92 Å². The summed E-state index contributed by atoms with van der Waals surface area (Å²) in [6, 6.07) is 10.8. The number of carbonyl (C=O) groups excluding carboxylic acids is 1. The molecule has 4 rings (SSSR count). The molecule has 7 nitrogen and oxygen atoms in total. The zero-order valence-corrected chi connectivity index (χ0v) is 20.4. The first-order valence-corrected chi connectivity index (χ1v) is 11.3. The highest BCUT2D eigenvalue weighted by molar-refractivity contribution is 6.37. The fourth-order valence-corrected chi connectivity index (χ4v) is 4.06. The van der Waals surface area contributed by atoms with E-state index in [4.69, 9.17) is 39.5 Å². The van der Waals surface area contributed by atoms with Gasteiger partial charge in [-0.15, -0.1) is 0 Å². The topological polar surface area (TPSA) is 74.0 Å². The second-order valence-electron chi connectivity index (χ2n) is 7.46. The number of nitrogens with one attached hydrogen (secondary N) is 1. The number of hydrogen-bond donors (Lipinski definition) is 1. The summed E-state index contributed by atoms with van der Waals surface area (Å²) in [6.45, 7) is 3.96. The zero-order valence-electron chi connectivity index (χ0n) is 18.2. The Labute approximate surface area is 210 Å². The van der Waals surface area contributed by atoms with Crippen molar-refractivity contribution < 1.29 is 13.9 Å². The maximum absolute atomic E-state index is 13.3. The van der Waals surface area contributed by atoms with E-state index >= 15 is 0 Å². The standard InChI is InChI=1S/C23H19Cl3FN5O2/c1-13-21(14(2)32(29-13)11-15-6-7-16(27)10-19(15)26)28-23(33)20-8-9-31(30-20)12-34-22-17(24)4-3-5-18(22)25/h3-10H,11-12H2,1-2H3,(H,28,33). The molecule has 0 saturated carbocycles. The van der Waals surface area contributed by atoms with Gasteiger partial charge in [-0.25, -0.2) is 9.07 Å². The van der Waals surface area contributed by atoms with E-state index in [-0.39, 0.29) is 12.4 Å². The first-order chi connectivity index (χ1) is 16.2. The van der Waals surface area contributed by atoms with Crippen molar-refractivity contribution >= 4 is 46.4 Å². The quantitative estimate of drug-likeness (QED) is 0.317. The average Bonchev–Trinajstić information content (AvgIpc) is 3.36. The summed E-state index contributed by atoms with van der Waals surface area (Å²) in [5.41, 5.74) is 2.82. The van der Waals surface area contributed by atoms with E-state index in [0.29, 0.717) is 44.3 Å². The minimum atomic E-state index is -0.408. The summed E-state index contributed by atoms with van der Waals surface area (Å²) in [7, 11) is 0. The highest BCUT2D eigenvalue weighted by Crippen LogP contribution is 2.32. The van der Waals surface area contributed by atoms with E-state index in [0.717, 1.165) is 5.69 Å². The molecule has 0 bridgehead atoms. The number of nitrogens with zero attached hydrogens (tertiary/aromatic N) is 4. The van der Waals surface area contributed by atoms with Crippen LogP contribution < -0.4 is 10.1 Å². The molecule has 34 heavy (non-hydrogen) atoms. The van der Waals surface area contributed by atoms with Gasteiger partial charge < -0.3 is 10.1 Å². The normalized spacial score (nSPS) is 11.0. The summed E-state index contributed by atoms with van der Waals surface area (Å²) in [5.74, 6) is -0.470. The number of aromatic nitrogens is 4. The lowest BCUT2D eigenvalue weighted by Crippen LogP contribution is -2.15. The van der Waals surface area contributed by atoms with Crippen molar-refractivity contribution in [3.05, 3.63) is 92.2 Å². The van der Waals surface area contributed by atoms with Gasteiger partial charge in [0.15, 0.2) is 18.2 Å². The Kier molecular flexibility index (Phi) is 7.11. The third-order valence-corrected chi connectivity index (χ3v) is 6.04. The van der Waals surface area contributed by atoms with Crippen LogP contribution in [0.2, 0.25) is 15.1 Å². The molecule has 1 amide bonds. The van der Waals surface area contributed by atoms with Gasteiger partial charge in [-0.3, -0.25) is 9.48 Å². The van der Waals surface area contributed by atoms with Crippen LogP contribution in [0.4, 0.5) is 10.1 Å². The van der Waals surface area contributed by atoms with Gasteiger partial charge in [0.25, 0.3) is 5.91 Å². The first kappa shape index (κ1) is 24.1. The van der Waals surface area contributed by atoms with Crippen molar-refractivity contribution in [3.8, 4) is 5.75 Å². The number of aryl methyl sites for hydroxylation is 1. The minimum absolute atomic E-state index is 0.0190. The predicted octanol–water partition coefficient (Wildman–Crippen LogP) is 6.13. The van der Waals surface area contributed by atoms with Crippen molar-refractivity contribution in [3.63, 3.8) is 0 Å². The fraction of sp³-hybridized carbons (Fsp3) is 0.174. The Morgan fingerprint density at radius 2 is 1.79 bits per heavy atom. The molecule has 0 aliphatic rings. The lowest BCUT2D eigenvalue weighted by atomic mass is 10.2. The molecule has 0 radical (unpaired) electrons. The number of halogens is 4. The summed E-state index contributed by atoms with van der Waals surface area (Å²) < 4.78 is 22.1.